The maximum absolute atomic E-state index is 13.4. The number of hydrogen-bond donors (Lipinski definition) is 1. The Morgan fingerprint density at radius 3 is 2.71 bits per heavy atom. The van der Waals surface area contributed by atoms with E-state index >= 15 is 0 Å². The number of amides is 1. The topological polar surface area (TPSA) is 81.8 Å². The van der Waals surface area contributed by atoms with Crippen molar-refractivity contribution in [3.8, 4) is 0 Å². The molecule has 0 saturated carbocycles. The first-order chi connectivity index (χ1) is 14.8. The molecule has 7 nitrogen and oxygen atoms in total. The minimum atomic E-state index is -4.61. The van der Waals surface area contributed by atoms with Crippen LogP contribution < -0.4 is 10.9 Å². The molecule has 0 spiro atoms. The number of halogens is 3. The summed E-state index contributed by atoms with van der Waals surface area (Å²) in [5.41, 5.74) is 2.00. The van der Waals surface area contributed by atoms with Crippen molar-refractivity contribution < 1.29 is 18.0 Å². The number of alkyl halides is 3. The number of imidazole rings is 1. The summed E-state index contributed by atoms with van der Waals surface area (Å²) < 4.78 is 42.2. The molecule has 0 unspecified atom stereocenters. The summed E-state index contributed by atoms with van der Waals surface area (Å²) in [4.78, 5) is 28.3. The quantitative estimate of drug-likeness (QED) is 0.628. The standard InChI is InChI=1S/C21H22F3N5O2/c22-21(23,24)20-26-16-8-4-5-9-17(16)28(20)11-10-25-18(30)13-29-19(31)12-14-6-2-1-3-7-15(14)27-29/h4-5,8-9,12H,1-3,6-7,10-11,13H2,(H,25,30). The molecular formula is C21H22F3N5O2. The number of aryl methyl sites for hydroxylation is 2. The average molecular weight is 433 g/mol. The van der Waals surface area contributed by atoms with Crippen molar-refractivity contribution in [1.29, 1.82) is 0 Å². The fraction of sp³-hybridized carbons (Fsp3) is 0.429. The molecule has 1 aliphatic rings. The Morgan fingerprint density at radius 2 is 1.90 bits per heavy atom. The van der Waals surface area contributed by atoms with Crippen LogP contribution in [0.2, 0.25) is 0 Å². The van der Waals surface area contributed by atoms with E-state index in [1.165, 1.54) is 12.1 Å². The van der Waals surface area contributed by atoms with Gasteiger partial charge in [0.05, 0.1) is 16.7 Å². The van der Waals surface area contributed by atoms with Crippen molar-refractivity contribution in [1.82, 2.24) is 24.6 Å². The first-order valence-corrected chi connectivity index (χ1v) is 10.2. The van der Waals surface area contributed by atoms with Crippen LogP contribution in [0.25, 0.3) is 11.0 Å². The second-order valence-electron chi connectivity index (χ2n) is 7.60. The van der Waals surface area contributed by atoms with Crippen LogP contribution >= 0.6 is 0 Å². The molecule has 0 atom stereocenters. The summed E-state index contributed by atoms with van der Waals surface area (Å²) in [6, 6.07) is 7.85. The molecule has 164 valence electrons. The maximum Gasteiger partial charge on any atom is 0.449 e. The summed E-state index contributed by atoms with van der Waals surface area (Å²) >= 11 is 0. The molecule has 1 aliphatic carbocycles. The first kappa shape index (κ1) is 21.1. The number of carbonyl (C=O) groups excluding carboxylic acids is 1. The number of rotatable bonds is 5. The van der Waals surface area contributed by atoms with Gasteiger partial charge in [0, 0.05) is 19.2 Å². The van der Waals surface area contributed by atoms with E-state index in [2.05, 4.69) is 15.4 Å². The molecule has 4 rings (SSSR count). The van der Waals surface area contributed by atoms with Gasteiger partial charge < -0.3 is 9.88 Å². The molecule has 1 aromatic carbocycles. The number of nitrogens with zero attached hydrogens (tertiary/aromatic N) is 4. The maximum atomic E-state index is 13.4. The van der Waals surface area contributed by atoms with Crippen molar-refractivity contribution in [2.45, 2.75) is 51.4 Å². The lowest BCUT2D eigenvalue weighted by Crippen LogP contribution is -2.36. The van der Waals surface area contributed by atoms with Gasteiger partial charge in [-0.05, 0) is 43.4 Å². The van der Waals surface area contributed by atoms with Crippen molar-refractivity contribution in [3.63, 3.8) is 0 Å². The lowest BCUT2D eigenvalue weighted by molar-refractivity contribution is -0.146. The van der Waals surface area contributed by atoms with Gasteiger partial charge in [-0.25, -0.2) is 9.67 Å². The lowest BCUT2D eigenvalue weighted by Gasteiger charge is -2.13. The number of nitrogens with one attached hydrogen (secondary N) is 1. The van der Waals surface area contributed by atoms with Crippen LogP contribution in [0.3, 0.4) is 0 Å². The van der Waals surface area contributed by atoms with E-state index in [-0.39, 0.29) is 30.7 Å². The molecule has 2 aromatic heterocycles. The average Bonchev–Trinajstić information content (AvgIpc) is 2.95. The molecule has 2 heterocycles. The van der Waals surface area contributed by atoms with Gasteiger partial charge >= 0.3 is 6.18 Å². The number of fused-ring (bicyclic) bond motifs is 2. The molecule has 3 aromatic rings. The van der Waals surface area contributed by atoms with Crippen LogP contribution in [0.4, 0.5) is 13.2 Å². The third-order valence-corrected chi connectivity index (χ3v) is 5.38. The predicted molar refractivity (Wildman–Crippen MR) is 108 cm³/mol. The van der Waals surface area contributed by atoms with Crippen molar-refractivity contribution >= 4 is 16.9 Å². The molecular weight excluding hydrogens is 411 g/mol. The minimum Gasteiger partial charge on any atom is -0.353 e. The SMILES string of the molecule is O=C(Cn1nc2c(cc1=O)CCCCC2)NCCn1c(C(F)(F)F)nc2ccccc21. The first-order valence-electron chi connectivity index (χ1n) is 10.2. The van der Waals surface area contributed by atoms with Crippen LogP contribution in [0.5, 0.6) is 0 Å². The van der Waals surface area contributed by atoms with Gasteiger partial charge in [0.25, 0.3) is 5.56 Å². The lowest BCUT2D eigenvalue weighted by atomic mass is 10.1. The molecule has 0 bridgehead atoms. The van der Waals surface area contributed by atoms with E-state index in [9.17, 15) is 22.8 Å². The Morgan fingerprint density at radius 1 is 1.13 bits per heavy atom. The zero-order valence-electron chi connectivity index (χ0n) is 16.8. The molecule has 10 heteroatoms. The Bertz CT molecular complexity index is 1170. The van der Waals surface area contributed by atoms with Crippen molar-refractivity contribution in [2.24, 2.45) is 0 Å². The molecule has 1 amide bonds. The van der Waals surface area contributed by atoms with Crippen LogP contribution in [0, 0.1) is 0 Å². The number of aromatic nitrogens is 4. The third kappa shape index (κ3) is 4.62. The van der Waals surface area contributed by atoms with E-state index in [0.29, 0.717) is 5.52 Å². The number of hydrogen-bond acceptors (Lipinski definition) is 4. The summed E-state index contributed by atoms with van der Waals surface area (Å²) in [5, 5.41) is 6.92. The Balaban J connectivity index is 1.44. The largest absolute Gasteiger partial charge is 0.449 e. The van der Waals surface area contributed by atoms with Crippen LogP contribution in [-0.4, -0.2) is 31.8 Å². The number of carbonyl (C=O) groups is 1. The normalized spacial score (nSPS) is 14.3. The van der Waals surface area contributed by atoms with Crippen LogP contribution in [-0.2, 0) is 36.9 Å². The molecule has 0 saturated heterocycles. The fourth-order valence-electron chi connectivity index (χ4n) is 3.91. The van der Waals surface area contributed by atoms with E-state index in [0.717, 1.165) is 52.6 Å². The third-order valence-electron chi connectivity index (χ3n) is 5.38. The van der Waals surface area contributed by atoms with Gasteiger partial charge in [-0.3, -0.25) is 9.59 Å². The minimum absolute atomic E-state index is 0.0397. The highest BCUT2D eigenvalue weighted by Crippen LogP contribution is 2.31. The molecule has 0 aliphatic heterocycles. The van der Waals surface area contributed by atoms with Crippen LogP contribution in [0.1, 0.15) is 36.3 Å². The van der Waals surface area contributed by atoms with Crippen LogP contribution in [0.15, 0.2) is 35.1 Å². The Kier molecular flexibility index (Phi) is 5.79. The highest BCUT2D eigenvalue weighted by Gasteiger charge is 2.37. The van der Waals surface area contributed by atoms with E-state index in [4.69, 9.17) is 0 Å². The molecule has 0 fully saturated rings. The monoisotopic (exact) mass is 433 g/mol. The van der Waals surface area contributed by atoms with Gasteiger partial charge in [0.2, 0.25) is 11.7 Å². The number of benzene rings is 1. The predicted octanol–water partition coefficient (Wildman–Crippen LogP) is 2.70. The van der Waals surface area contributed by atoms with Gasteiger partial charge in [0.1, 0.15) is 6.54 Å². The summed E-state index contributed by atoms with van der Waals surface area (Å²) in [6.45, 7) is -0.418. The van der Waals surface area contributed by atoms with Gasteiger partial charge in [0.15, 0.2) is 0 Å². The fourth-order valence-corrected chi connectivity index (χ4v) is 3.91. The zero-order chi connectivity index (χ0) is 22.0. The van der Waals surface area contributed by atoms with Gasteiger partial charge in [-0.15, -0.1) is 0 Å². The summed E-state index contributed by atoms with van der Waals surface area (Å²) in [5.74, 6) is -1.49. The van der Waals surface area contributed by atoms with Crippen molar-refractivity contribution in [2.75, 3.05) is 6.54 Å². The second kappa shape index (κ2) is 8.52. The van der Waals surface area contributed by atoms with Gasteiger partial charge in [-0.1, -0.05) is 18.6 Å². The molecule has 0 radical (unpaired) electrons. The summed E-state index contributed by atoms with van der Waals surface area (Å²) in [7, 11) is 0. The highest BCUT2D eigenvalue weighted by atomic mass is 19.4. The van der Waals surface area contributed by atoms with E-state index < -0.39 is 17.9 Å². The second-order valence-corrected chi connectivity index (χ2v) is 7.60. The smallest absolute Gasteiger partial charge is 0.353 e. The number of para-hydroxylation sites is 2. The Labute approximate surface area is 175 Å². The van der Waals surface area contributed by atoms with E-state index in [1.54, 1.807) is 18.2 Å². The Hall–Kier alpha value is -3.17. The van der Waals surface area contributed by atoms with E-state index in [1.807, 2.05) is 0 Å². The van der Waals surface area contributed by atoms with Gasteiger partial charge in [-0.2, -0.15) is 18.3 Å². The summed E-state index contributed by atoms with van der Waals surface area (Å²) in [6.07, 6.45) is 0.0540. The van der Waals surface area contributed by atoms with Crippen molar-refractivity contribution in [3.05, 3.63) is 57.8 Å². The highest BCUT2D eigenvalue weighted by molar-refractivity contribution is 5.76. The molecule has 31 heavy (non-hydrogen) atoms. The zero-order valence-corrected chi connectivity index (χ0v) is 16.8. The molecule has 1 N–H and O–H groups in total.